The van der Waals surface area contributed by atoms with Crippen LogP contribution in [0.2, 0.25) is 0 Å². The number of hydrogen-bond donors (Lipinski definition) is 1. The summed E-state index contributed by atoms with van der Waals surface area (Å²) in [6.07, 6.45) is 16.6. The second-order valence-corrected chi connectivity index (χ2v) is 5.41. The molecule has 0 aliphatic heterocycles. The minimum absolute atomic E-state index is 0.0263. The molecule has 0 bridgehead atoms. The van der Waals surface area contributed by atoms with Gasteiger partial charge in [0.1, 0.15) is 0 Å². The quantitative estimate of drug-likeness (QED) is 0.425. The van der Waals surface area contributed by atoms with Crippen LogP contribution in [0.5, 0.6) is 0 Å². The zero-order valence-electron chi connectivity index (χ0n) is 12.2. The summed E-state index contributed by atoms with van der Waals surface area (Å²) in [6, 6.07) is 0. The number of aliphatic hydroxyl groups excluding tert-OH is 1. The molecule has 0 saturated carbocycles. The van der Waals surface area contributed by atoms with E-state index in [0.717, 1.165) is 12.8 Å². The molecule has 0 saturated heterocycles. The highest BCUT2D eigenvalue weighted by Crippen LogP contribution is 2.13. The third kappa shape index (κ3) is 13.9. The van der Waals surface area contributed by atoms with E-state index in [4.69, 9.17) is 0 Å². The third-order valence-corrected chi connectivity index (χ3v) is 3.53. The molecule has 0 aromatic rings. The molecule has 1 heteroatoms. The van der Waals surface area contributed by atoms with Crippen molar-refractivity contribution in [3.8, 4) is 0 Å². The van der Waals surface area contributed by atoms with Crippen molar-refractivity contribution in [1.82, 2.24) is 0 Å². The molecule has 104 valence electrons. The summed E-state index contributed by atoms with van der Waals surface area (Å²) < 4.78 is 0. The highest BCUT2D eigenvalue weighted by atomic mass is 16.3. The van der Waals surface area contributed by atoms with Crippen LogP contribution in [0.4, 0.5) is 0 Å². The van der Waals surface area contributed by atoms with Gasteiger partial charge in [-0.05, 0) is 12.8 Å². The number of aliphatic hydroxyl groups is 1. The molecule has 0 aliphatic rings. The molecule has 0 amide bonds. The Hall–Kier alpha value is -0.0400. The van der Waals surface area contributed by atoms with Gasteiger partial charge >= 0.3 is 0 Å². The fourth-order valence-corrected chi connectivity index (χ4v) is 2.29. The third-order valence-electron chi connectivity index (χ3n) is 3.53. The Morgan fingerprint density at radius 1 is 0.588 bits per heavy atom. The van der Waals surface area contributed by atoms with Crippen LogP contribution in [0.15, 0.2) is 0 Å². The maximum absolute atomic E-state index is 9.75. The Morgan fingerprint density at radius 3 is 1.47 bits per heavy atom. The molecule has 0 radical (unpaired) electrons. The first-order chi connectivity index (χ1) is 8.31. The minimum atomic E-state index is -0.0263. The number of unbranched alkanes of at least 4 members (excludes halogenated alkanes) is 9. The molecule has 0 fully saturated rings. The highest BCUT2D eigenvalue weighted by Gasteiger charge is 2.02. The number of hydrogen-bond acceptors (Lipinski definition) is 1. The van der Waals surface area contributed by atoms with Crippen molar-refractivity contribution in [3.05, 3.63) is 0 Å². The first kappa shape index (κ1) is 17.0. The van der Waals surface area contributed by atoms with Crippen molar-refractivity contribution in [3.63, 3.8) is 0 Å². The molecule has 1 N–H and O–H groups in total. The number of rotatable bonds is 13. The second kappa shape index (κ2) is 14.0. The van der Waals surface area contributed by atoms with E-state index >= 15 is 0 Å². The van der Waals surface area contributed by atoms with Crippen molar-refractivity contribution in [2.24, 2.45) is 0 Å². The van der Waals surface area contributed by atoms with Crippen molar-refractivity contribution >= 4 is 0 Å². The molecular formula is C16H34O. The Balaban J connectivity index is 3.05. The van der Waals surface area contributed by atoms with Crippen LogP contribution in [0.25, 0.3) is 0 Å². The molecular weight excluding hydrogens is 208 g/mol. The highest BCUT2D eigenvalue weighted by molar-refractivity contribution is 4.56. The average molecular weight is 242 g/mol. The van der Waals surface area contributed by atoms with Crippen LogP contribution in [0, 0.1) is 0 Å². The summed E-state index contributed by atoms with van der Waals surface area (Å²) in [5.41, 5.74) is 0. The monoisotopic (exact) mass is 242 g/mol. The van der Waals surface area contributed by atoms with Gasteiger partial charge in [-0.25, -0.2) is 0 Å². The standard InChI is InChI=1S/C16H34O/c1-3-5-7-8-9-10-11-13-15-16(17)14-12-6-4-2/h16-17H,3-15H2,1-2H3. The topological polar surface area (TPSA) is 20.2 Å². The van der Waals surface area contributed by atoms with Gasteiger partial charge in [0.05, 0.1) is 6.10 Å². The van der Waals surface area contributed by atoms with Crippen LogP contribution in [-0.4, -0.2) is 11.2 Å². The lowest BCUT2D eigenvalue weighted by molar-refractivity contribution is 0.147. The predicted molar refractivity (Wildman–Crippen MR) is 77.4 cm³/mol. The Kier molecular flexibility index (Phi) is 14.0. The van der Waals surface area contributed by atoms with Gasteiger partial charge in [-0.2, -0.15) is 0 Å². The maximum atomic E-state index is 9.75. The van der Waals surface area contributed by atoms with E-state index in [9.17, 15) is 5.11 Å². The summed E-state index contributed by atoms with van der Waals surface area (Å²) >= 11 is 0. The first-order valence-electron chi connectivity index (χ1n) is 7.99. The van der Waals surface area contributed by atoms with E-state index in [-0.39, 0.29) is 6.10 Å². The lowest BCUT2D eigenvalue weighted by Gasteiger charge is -2.09. The van der Waals surface area contributed by atoms with Gasteiger partial charge in [-0.15, -0.1) is 0 Å². The Labute approximate surface area is 109 Å². The van der Waals surface area contributed by atoms with Gasteiger partial charge in [0.15, 0.2) is 0 Å². The molecule has 1 unspecified atom stereocenters. The Bertz CT molecular complexity index is 133. The molecule has 1 atom stereocenters. The van der Waals surface area contributed by atoms with Gasteiger partial charge in [-0.3, -0.25) is 0 Å². The summed E-state index contributed by atoms with van der Waals surface area (Å²) in [6.45, 7) is 4.48. The summed E-state index contributed by atoms with van der Waals surface area (Å²) in [7, 11) is 0. The van der Waals surface area contributed by atoms with Crippen molar-refractivity contribution in [2.75, 3.05) is 0 Å². The summed E-state index contributed by atoms with van der Waals surface area (Å²) in [5.74, 6) is 0. The molecule has 0 aromatic heterocycles. The zero-order valence-corrected chi connectivity index (χ0v) is 12.2. The average Bonchev–Trinajstić information content (AvgIpc) is 2.33. The normalized spacial score (nSPS) is 12.9. The van der Waals surface area contributed by atoms with E-state index in [1.807, 2.05) is 0 Å². The second-order valence-electron chi connectivity index (χ2n) is 5.41. The summed E-state index contributed by atoms with van der Waals surface area (Å²) in [5, 5.41) is 9.75. The predicted octanol–water partition coefficient (Wildman–Crippen LogP) is 5.46. The van der Waals surface area contributed by atoms with Crippen molar-refractivity contribution in [2.45, 2.75) is 103 Å². The van der Waals surface area contributed by atoms with Crippen LogP contribution < -0.4 is 0 Å². The molecule has 0 rings (SSSR count). The van der Waals surface area contributed by atoms with Gasteiger partial charge in [0.25, 0.3) is 0 Å². The maximum Gasteiger partial charge on any atom is 0.0540 e. The van der Waals surface area contributed by atoms with Crippen molar-refractivity contribution < 1.29 is 5.11 Å². The molecule has 0 heterocycles. The van der Waals surface area contributed by atoms with Crippen LogP contribution in [0.1, 0.15) is 97.3 Å². The first-order valence-corrected chi connectivity index (χ1v) is 7.99. The van der Waals surface area contributed by atoms with Crippen LogP contribution in [-0.2, 0) is 0 Å². The lowest BCUT2D eigenvalue weighted by atomic mass is 10.0. The fraction of sp³-hybridized carbons (Fsp3) is 1.00. The lowest BCUT2D eigenvalue weighted by Crippen LogP contribution is -2.05. The minimum Gasteiger partial charge on any atom is -0.393 e. The molecule has 0 spiro atoms. The van der Waals surface area contributed by atoms with Gasteiger partial charge in [0, 0.05) is 0 Å². The van der Waals surface area contributed by atoms with E-state index in [2.05, 4.69) is 13.8 Å². The Morgan fingerprint density at radius 2 is 0.941 bits per heavy atom. The van der Waals surface area contributed by atoms with E-state index in [1.54, 1.807) is 0 Å². The molecule has 17 heavy (non-hydrogen) atoms. The van der Waals surface area contributed by atoms with Gasteiger partial charge in [-0.1, -0.05) is 84.5 Å². The largest absolute Gasteiger partial charge is 0.393 e. The van der Waals surface area contributed by atoms with Crippen LogP contribution >= 0.6 is 0 Å². The van der Waals surface area contributed by atoms with E-state index in [0.29, 0.717) is 0 Å². The van der Waals surface area contributed by atoms with E-state index in [1.165, 1.54) is 70.6 Å². The van der Waals surface area contributed by atoms with Crippen molar-refractivity contribution in [1.29, 1.82) is 0 Å². The smallest absolute Gasteiger partial charge is 0.0540 e. The molecule has 0 aliphatic carbocycles. The summed E-state index contributed by atoms with van der Waals surface area (Å²) in [4.78, 5) is 0. The fourth-order valence-electron chi connectivity index (χ4n) is 2.29. The van der Waals surface area contributed by atoms with E-state index < -0.39 is 0 Å². The zero-order chi connectivity index (χ0) is 12.8. The SMILES string of the molecule is CCCCCCCCCCC(O)CCCCC. The molecule has 0 aromatic carbocycles. The molecule has 1 nitrogen and oxygen atoms in total. The van der Waals surface area contributed by atoms with Gasteiger partial charge in [0.2, 0.25) is 0 Å². The van der Waals surface area contributed by atoms with Crippen LogP contribution in [0.3, 0.4) is 0 Å². The van der Waals surface area contributed by atoms with Gasteiger partial charge < -0.3 is 5.11 Å².